The first kappa shape index (κ1) is 13.0. The summed E-state index contributed by atoms with van der Waals surface area (Å²) in [5.74, 6) is -2.28. The average Bonchev–Trinajstić information content (AvgIpc) is 2.35. The Labute approximate surface area is 104 Å². The molecular formula is C13H15F2NO2. The van der Waals surface area contributed by atoms with E-state index in [0.717, 1.165) is 6.07 Å². The molecule has 0 radical (unpaired) electrons. The van der Waals surface area contributed by atoms with Crippen LogP contribution in [0.3, 0.4) is 0 Å². The van der Waals surface area contributed by atoms with E-state index < -0.39 is 29.2 Å². The van der Waals surface area contributed by atoms with Crippen molar-refractivity contribution in [1.29, 1.82) is 0 Å². The van der Waals surface area contributed by atoms with Crippen molar-refractivity contribution >= 4 is 5.91 Å². The van der Waals surface area contributed by atoms with Gasteiger partial charge in [0.25, 0.3) is 5.91 Å². The first-order valence-electron chi connectivity index (χ1n) is 5.92. The molecule has 0 saturated carbocycles. The fourth-order valence-corrected chi connectivity index (χ4v) is 2.08. The van der Waals surface area contributed by atoms with Gasteiger partial charge in [-0.1, -0.05) is 6.07 Å². The van der Waals surface area contributed by atoms with E-state index in [4.69, 9.17) is 0 Å². The van der Waals surface area contributed by atoms with Gasteiger partial charge < -0.3 is 10.0 Å². The van der Waals surface area contributed by atoms with Gasteiger partial charge in [0.2, 0.25) is 0 Å². The molecule has 1 fully saturated rings. The molecule has 1 aliphatic rings. The number of carbonyl (C=O) groups is 1. The topological polar surface area (TPSA) is 40.5 Å². The maximum Gasteiger partial charge on any atom is 0.259 e. The summed E-state index contributed by atoms with van der Waals surface area (Å²) in [6, 6.07) is 2.41. The van der Waals surface area contributed by atoms with Crippen molar-refractivity contribution in [3.05, 3.63) is 34.9 Å². The Bertz CT molecular complexity index is 468. The SMILES string of the molecule is Cc1ccc(F)c(C(=O)N2CCC(O)CC2)c1F. The molecule has 0 bridgehead atoms. The maximum atomic E-state index is 13.8. The smallest absolute Gasteiger partial charge is 0.259 e. The van der Waals surface area contributed by atoms with E-state index in [1.54, 1.807) is 0 Å². The third-order valence-electron chi connectivity index (χ3n) is 3.25. The molecule has 1 aromatic carbocycles. The van der Waals surface area contributed by atoms with Gasteiger partial charge in [0.15, 0.2) is 0 Å². The van der Waals surface area contributed by atoms with Crippen LogP contribution in [0.4, 0.5) is 8.78 Å². The Balaban J connectivity index is 2.26. The van der Waals surface area contributed by atoms with E-state index in [1.807, 2.05) is 0 Å². The number of hydrogen-bond acceptors (Lipinski definition) is 2. The number of aliphatic hydroxyl groups is 1. The molecule has 0 aliphatic carbocycles. The minimum Gasteiger partial charge on any atom is -0.393 e. The fourth-order valence-electron chi connectivity index (χ4n) is 2.08. The van der Waals surface area contributed by atoms with Crippen LogP contribution in [0.15, 0.2) is 12.1 Å². The molecule has 2 rings (SSSR count). The van der Waals surface area contributed by atoms with E-state index >= 15 is 0 Å². The number of hydrogen-bond donors (Lipinski definition) is 1. The van der Waals surface area contributed by atoms with Crippen molar-refractivity contribution in [2.45, 2.75) is 25.9 Å². The van der Waals surface area contributed by atoms with Crippen molar-refractivity contribution in [2.75, 3.05) is 13.1 Å². The van der Waals surface area contributed by atoms with Gasteiger partial charge in [0, 0.05) is 13.1 Å². The molecule has 0 unspecified atom stereocenters. The molecule has 1 aromatic rings. The second-order valence-corrected chi connectivity index (χ2v) is 4.58. The van der Waals surface area contributed by atoms with E-state index in [1.165, 1.54) is 17.9 Å². The summed E-state index contributed by atoms with van der Waals surface area (Å²) in [6.45, 7) is 2.14. The third kappa shape index (κ3) is 2.36. The molecular weight excluding hydrogens is 240 g/mol. The number of benzene rings is 1. The van der Waals surface area contributed by atoms with Crippen LogP contribution >= 0.6 is 0 Å². The predicted octanol–water partition coefficient (Wildman–Crippen LogP) is 1.87. The van der Waals surface area contributed by atoms with Gasteiger partial charge >= 0.3 is 0 Å². The van der Waals surface area contributed by atoms with E-state index in [-0.39, 0.29) is 5.56 Å². The summed E-state index contributed by atoms with van der Waals surface area (Å²) in [4.78, 5) is 13.4. The lowest BCUT2D eigenvalue weighted by atomic mass is 10.0. The van der Waals surface area contributed by atoms with Crippen LogP contribution in [0.5, 0.6) is 0 Å². The zero-order chi connectivity index (χ0) is 13.3. The minimum atomic E-state index is -0.839. The maximum absolute atomic E-state index is 13.8. The van der Waals surface area contributed by atoms with Crippen molar-refractivity contribution in [2.24, 2.45) is 0 Å². The summed E-state index contributed by atoms with van der Waals surface area (Å²) < 4.78 is 27.4. The van der Waals surface area contributed by atoms with Crippen molar-refractivity contribution in [3.8, 4) is 0 Å². The first-order chi connectivity index (χ1) is 8.50. The average molecular weight is 255 g/mol. The molecule has 98 valence electrons. The van der Waals surface area contributed by atoms with Crippen LogP contribution in [0, 0.1) is 18.6 Å². The lowest BCUT2D eigenvalue weighted by Crippen LogP contribution is -2.40. The Kier molecular flexibility index (Phi) is 3.61. The molecule has 1 amide bonds. The van der Waals surface area contributed by atoms with E-state index in [2.05, 4.69) is 0 Å². The van der Waals surface area contributed by atoms with Crippen LogP contribution < -0.4 is 0 Å². The highest BCUT2D eigenvalue weighted by molar-refractivity contribution is 5.95. The lowest BCUT2D eigenvalue weighted by molar-refractivity contribution is 0.0538. The number of piperidine rings is 1. The predicted molar refractivity (Wildman–Crippen MR) is 62.2 cm³/mol. The van der Waals surface area contributed by atoms with E-state index in [0.29, 0.717) is 25.9 Å². The standard InChI is InChI=1S/C13H15F2NO2/c1-8-2-3-10(14)11(12(8)15)13(18)16-6-4-9(17)5-7-16/h2-3,9,17H,4-7H2,1H3. The number of likely N-dealkylation sites (tertiary alicyclic amines) is 1. The monoisotopic (exact) mass is 255 g/mol. The molecule has 0 aromatic heterocycles. The van der Waals surface area contributed by atoms with Crippen LogP contribution in [-0.4, -0.2) is 35.1 Å². The number of nitrogens with zero attached hydrogens (tertiary/aromatic N) is 1. The summed E-state index contributed by atoms with van der Waals surface area (Å²) in [7, 11) is 0. The van der Waals surface area contributed by atoms with Gasteiger partial charge in [0.05, 0.1) is 6.10 Å². The van der Waals surface area contributed by atoms with Gasteiger partial charge in [-0.15, -0.1) is 0 Å². The zero-order valence-electron chi connectivity index (χ0n) is 10.1. The summed E-state index contributed by atoms with van der Waals surface area (Å²) >= 11 is 0. The number of carbonyl (C=O) groups excluding carboxylic acids is 1. The normalized spacial score (nSPS) is 17.0. The summed E-state index contributed by atoms with van der Waals surface area (Å²) in [5.41, 5.74) is -0.247. The molecule has 3 nitrogen and oxygen atoms in total. The number of halogens is 2. The second-order valence-electron chi connectivity index (χ2n) is 4.58. The molecule has 18 heavy (non-hydrogen) atoms. The highest BCUT2D eigenvalue weighted by Crippen LogP contribution is 2.20. The van der Waals surface area contributed by atoms with Crippen molar-refractivity contribution in [1.82, 2.24) is 4.90 Å². The van der Waals surface area contributed by atoms with E-state index in [9.17, 15) is 18.7 Å². The molecule has 0 spiro atoms. The quantitative estimate of drug-likeness (QED) is 0.832. The highest BCUT2D eigenvalue weighted by Gasteiger charge is 2.27. The van der Waals surface area contributed by atoms with Gasteiger partial charge in [-0.25, -0.2) is 8.78 Å². The number of rotatable bonds is 1. The van der Waals surface area contributed by atoms with Gasteiger partial charge in [-0.05, 0) is 31.4 Å². The lowest BCUT2D eigenvalue weighted by Gasteiger charge is -2.29. The van der Waals surface area contributed by atoms with Gasteiger partial charge in [-0.3, -0.25) is 4.79 Å². The minimum absolute atomic E-state index is 0.247. The Morgan fingerprint density at radius 3 is 2.56 bits per heavy atom. The van der Waals surface area contributed by atoms with Crippen molar-refractivity contribution < 1.29 is 18.7 Å². The molecule has 1 N–H and O–H groups in total. The molecule has 0 atom stereocenters. The number of aliphatic hydroxyl groups excluding tert-OH is 1. The second kappa shape index (κ2) is 5.02. The van der Waals surface area contributed by atoms with Crippen LogP contribution in [-0.2, 0) is 0 Å². The highest BCUT2D eigenvalue weighted by atomic mass is 19.1. The molecule has 1 heterocycles. The number of amides is 1. The van der Waals surface area contributed by atoms with Crippen LogP contribution in [0.25, 0.3) is 0 Å². The van der Waals surface area contributed by atoms with Crippen LogP contribution in [0.2, 0.25) is 0 Å². The largest absolute Gasteiger partial charge is 0.393 e. The first-order valence-corrected chi connectivity index (χ1v) is 5.92. The molecule has 1 saturated heterocycles. The Morgan fingerprint density at radius 2 is 1.94 bits per heavy atom. The number of aryl methyl sites for hydroxylation is 1. The molecule has 1 aliphatic heterocycles. The van der Waals surface area contributed by atoms with Crippen molar-refractivity contribution in [3.63, 3.8) is 0 Å². The summed E-state index contributed by atoms with van der Waals surface area (Å²) in [5, 5.41) is 9.35. The van der Waals surface area contributed by atoms with Gasteiger partial charge in [-0.2, -0.15) is 0 Å². The van der Waals surface area contributed by atoms with Gasteiger partial charge in [0.1, 0.15) is 17.2 Å². The van der Waals surface area contributed by atoms with Crippen LogP contribution in [0.1, 0.15) is 28.8 Å². The third-order valence-corrected chi connectivity index (χ3v) is 3.25. The Hall–Kier alpha value is -1.49. The summed E-state index contributed by atoms with van der Waals surface area (Å²) in [6.07, 6.45) is 0.461. The Morgan fingerprint density at radius 1 is 1.33 bits per heavy atom. The molecule has 5 heteroatoms. The zero-order valence-corrected chi connectivity index (χ0v) is 10.1. The fraction of sp³-hybridized carbons (Fsp3) is 0.462.